The molecular weight excluding hydrogens is 502 g/mol. The van der Waals surface area contributed by atoms with Gasteiger partial charge in [-0.2, -0.15) is 0 Å². The molecule has 2 amide bonds. The number of hydrogen-bond donors (Lipinski definition) is 1. The van der Waals surface area contributed by atoms with Crippen LogP contribution in [0, 0.1) is 5.41 Å². The summed E-state index contributed by atoms with van der Waals surface area (Å²) in [5, 5.41) is 1.97. The van der Waals surface area contributed by atoms with Crippen molar-refractivity contribution in [2.75, 3.05) is 42.3 Å². The lowest BCUT2D eigenvalue weighted by atomic mass is 9.89. The third kappa shape index (κ3) is 5.93. The van der Waals surface area contributed by atoms with Gasteiger partial charge in [-0.1, -0.05) is 20.8 Å². The number of ketones is 1. The molecule has 2 fully saturated rings. The number of piperazine rings is 1. The molecule has 12 heteroatoms. The first-order chi connectivity index (χ1) is 16.9. The molecule has 1 unspecified atom stereocenters. The highest BCUT2D eigenvalue weighted by atomic mass is 32.2. The Morgan fingerprint density at radius 2 is 1.78 bits per heavy atom. The van der Waals surface area contributed by atoms with E-state index in [1.165, 1.54) is 29.7 Å². The summed E-state index contributed by atoms with van der Waals surface area (Å²) in [5.41, 5.74) is 0.395. The Balaban J connectivity index is 0.00000253. The van der Waals surface area contributed by atoms with Gasteiger partial charge in [0.1, 0.15) is 0 Å². The number of aromatic nitrogens is 1. The maximum atomic E-state index is 13.2. The molecule has 0 spiro atoms. The van der Waals surface area contributed by atoms with Crippen LogP contribution in [0.2, 0.25) is 0 Å². The molecule has 1 aromatic heterocycles. The van der Waals surface area contributed by atoms with E-state index in [1.54, 1.807) is 27.3 Å². The van der Waals surface area contributed by atoms with Crippen LogP contribution in [0.25, 0.3) is 0 Å². The van der Waals surface area contributed by atoms with Crippen molar-refractivity contribution in [2.45, 2.75) is 44.6 Å². The number of nitrogens with one attached hydrogen (secondary N) is 1. The van der Waals surface area contributed by atoms with E-state index in [0.29, 0.717) is 44.8 Å². The van der Waals surface area contributed by atoms with Gasteiger partial charge in [0, 0.05) is 60.7 Å². The van der Waals surface area contributed by atoms with Gasteiger partial charge in [-0.25, -0.2) is 13.4 Å². The summed E-state index contributed by atoms with van der Waals surface area (Å²) in [7, 11) is -3.76. The largest absolute Gasteiger partial charge is 0.334 e. The molecule has 2 aliphatic heterocycles. The molecule has 36 heavy (non-hydrogen) atoms. The van der Waals surface area contributed by atoms with Crippen LogP contribution in [-0.2, 0) is 24.4 Å². The van der Waals surface area contributed by atoms with E-state index < -0.39 is 15.9 Å². The molecule has 2 aliphatic rings. The molecule has 0 bridgehead atoms. The quantitative estimate of drug-likeness (QED) is 0.537. The van der Waals surface area contributed by atoms with E-state index in [2.05, 4.69) is 14.6 Å². The van der Waals surface area contributed by atoms with Crippen molar-refractivity contribution < 1.29 is 27.1 Å². The highest BCUT2D eigenvalue weighted by Gasteiger charge is 2.39. The van der Waals surface area contributed by atoms with E-state index in [-0.39, 0.29) is 43.9 Å². The number of rotatable bonds is 7. The summed E-state index contributed by atoms with van der Waals surface area (Å²) in [4.78, 5) is 47.4. The number of anilines is 2. The van der Waals surface area contributed by atoms with Crippen LogP contribution in [0.4, 0.5) is 10.8 Å². The first kappa shape index (κ1) is 26.2. The second-order valence-electron chi connectivity index (χ2n) is 10.2. The third-order valence-corrected chi connectivity index (χ3v) is 8.43. The van der Waals surface area contributed by atoms with Gasteiger partial charge in [0.05, 0.1) is 10.9 Å². The molecule has 0 radical (unpaired) electrons. The lowest BCUT2D eigenvalue weighted by molar-refractivity contribution is -0.147. The van der Waals surface area contributed by atoms with Gasteiger partial charge in [0.2, 0.25) is 11.7 Å². The van der Waals surface area contributed by atoms with Gasteiger partial charge in [0.25, 0.3) is 15.9 Å². The van der Waals surface area contributed by atoms with Crippen LogP contribution in [0.3, 0.4) is 0 Å². The van der Waals surface area contributed by atoms with Crippen molar-refractivity contribution in [1.29, 1.82) is 0 Å². The first-order valence-corrected chi connectivity index (χ1v) is 14.2. The Morgan fingerprint density at radius 3 is 2.36 bits per heavy atom. The maximum absolute atomic E-state index is 13.2. The lowest BCUT2D eigenvalue weighted by Gasteiger charge is -2.37. The Bertz CT molecular complexity index is 1230. The number of nitrogens with zero attached hydrogens (tertiary/aromatic N) is 4. The van der Waals surface area contributed by atoms with Gasteiger partial charge in [0.15, 0.2) is 5.13 Å². The molecule has 1 aromatic carbocycles. The first-order valence-electron chi connectivity index (χ1n) is 11.8. The summed E-state index contributed by atoms with van der Waals surface area (Å²) in [6.45, 7) is 8.19. The molecule has 0 saturated carbocycles. The fraction of sp³-hybridized carbons (Fsp3) is 0.500. The van der Waals surface area contributed by atoms with Crippen LogP contribution < -0.4 is 9.62 Å². The molecule has 2 aromatic rings. The fourth-order valence-corrected chi connectivity index (χ4v) is 6.27. The Kier molecular flexibility index (Phi) is 7.48. The molecule has 10 nitrogen and oxygen atoms in total. The van der Waals surface area contributed by atoms with E-state index in [1.807, 2.05) is 20.8 Å². The predicted molar refractivity (Wildman–Crippen MR) is 144 cm³/mol. The molecule has 1 atom stereocenters. The predicted octanol–water partition coefficient (Wildman–Crippen LogP) is 2.94. The number of thiazole rings is 1. The van der Waals surface area contributed by atoms with Crippen molar-refractivity contribution in [3.05, 3.63) is 35.8 Å². The summed E-state index contributed by atoms with van der Waals surface area (Å²) in [6.07, 6.45) is 2.37. The van der Waals surface area contributed by atoms with Crippen molar-refractivity contribution in [2.24, 2.45) is 5.41 Å². The molecular formula is C24H37N5O5S2. The van der Waals surface area contributed by atoms with Crippen LogP contribution in [0.1, 0.15) is 37.9 Å². The fourth-order valence-electron chi connectivity index (χ4n) is 4.48. The summed E-state index contributed by atoms with van der Waals surface area (Å²) in [5.74, 6) is -0.857. The average Bonchev–Trinajstić information content (AvgIpc) is 3.47. The Labute approximate surface area is 219 Å². The molecule has 0 aliphatic carbocycles. The lowest BCUT2D eigenvalue weighted by Crippen LogP contribution is -2.55. The Hall–Kier alpha value is -2.83. The maximum Gasteiger partial charge on any atom is 0.290 e. The second-order valence-corrected chi connectivity index (χ2v) is 12.8. The SMILES string of the molecule is CC(C)(C)CC(=O)C(=O)N1CCN(C2CCN(c3ccc(S(=O)(=O)Nc4nccs4)cc3)C2=O)CC1.[HH].[HH].[HH]. The van der Waals surface area contributed by atoms with E-state index in [4.69, 9.17) is 0 Å². The zero-order valence-electron chi connectivity index (χ0n) is 20.6. The molecule has 2 saturated heterocycles. The van der Waals surface area contributed by atoms with E-state index in [9.17, 15) is 22.8 Å². The summed E-state index contributed by atoms with van der Waals surface area (Å²) < 4.78 is 27.6. The van der Waals surface area contributed by atoms with Gasteiger partial charge in [-0.3, -0.25) is 24.0 Å². The standard InChI is InChI=1S/C24H31N5O5S2.3H2/c1-24(2,3)16-20(30)22(32)28-13-11-27(12-14-28)19-8-10-29(21(19)31)17-4-6-18(7-5-17)36(33,34)26-23-25-9-15-35-23;;;/h4-7,9,15,19H,8,10-14,16H2,1-3H3,(H,25,26);3*1H. The monoisotopic (exact) mass is 539 g/mol. The highest BCUT2D eigenvalue weighted by molar-refractivity contribution is 7.93. The third-order valence-electron chi connectivity index (χ3n) is 6.26. The number of carbonyl (C=O) groups excluding carboxylic acids is 3. The zero-order chi connectivity index (χ0) is 26.1. The Morgan fingerprint density at radius 1 is 1.11 bits per heavy atom. The van der Waals surface area contributed by atoms with Crippen molar-refractivity contribution in [3.63, 3.8) is 0 Å². The minimum atomic E-state index is -3.76. The average molecular weight is 540 g/mol. The van der Waals surface area contributed by atoms with E-state index >= 15 is 0 Å². The number of amides is 2. The number of sulfonamides is 1. The van der Waals surface area contributed by atoms with Gasteiger partial charge < -0.3 is 9.80 Å². The summed E-state index contributed by atoms with van der Waals surface area (Å²) in [6, 6.07) is 5.92. The number of Topliss-reactive ketones (excluding diaryl/α,β-unsaturated/α-hetero) is 1. The van der Waals surface area contributed by atoms with Gasteiger partial charge in [-0.15, -0.1) is 11.3 Å². The molecule has 1 N–H and O–H groups in total. The number of carbonyl (C=O) groups is 3. The smallest absolute Gasteiger partial charge is 0.290 e. The molecule has 200 valence electrons. The number of hydrogen-bond acceptors (Lipinski definition) is 8. The van der Waals surface area contributed by atoms with Crippen LogP contribution in [0.15, 0.2) is 40.7 Å². The van der Waals surface area contributed by atoms with Gasteiger partial charge >= 0.3 is 0 Å². The zero-order valence-corrected chi connectivity index (χ0v) is 22.3. The molecule has 3 heterocycles. The normalized spacial score (nSPS) is 19.5. The van der Waals surface area contributed by atoms with E-state index in [0.717, 1.165) is 0 Å². The summed E-state index contributed by atoms with van der Waals surface area (Å²) >= 11 is 1.19. The van der Waals surface area contributed by atoms with Crippen LogP contribution in [-0.4, -0.2) is 79.6 Å². The topological polar surface area (TPSA) is 120 Å². The minimum Gasteiger partial charge on any atom is -0.334 e. The molecule has 4 rings (SSSR count). The number of benzene rings is 1. The van der Waals surface area contributed by atoms with Crippen molar-refractivity contribution >= 4 is 49.8 Å². The second kappa shape index (κ2) is 10.3. The van der Waals surface area contributed by atoms with Gasteiger partial charge in [-0.05, 0) is 36.1 Å². The van der Waals surface area contributed by atoms with Crippen LogP contribution in [0.5, 0.6) is 0 Å². The minimum absolute atomic E-state index is 0. The van der Waals surface area contributed by atoms with Crippen molar-refractivity contribution in [3.8, 4) is 0 Å². The van der Waals surface area contributed by atoms with Crippen LogP contribution >= 0.6 is 11.3 Å². The highest BCUT2D eigenvalue weighted by Crippen LogP contribution is 2.27. The van der Waals surface area contributed by atoms with Crippen molar-refractivity contribution in [1.82, 2.24) is 14.8 Å².